The number of aromatic nitrogens is 2. The number of nitrogens with zero attached hydrogens (tertiary/aromatic N) is 7. The van der Waals surface area contributed by atoms with Crippen LogP contribution in [0.3, 0.4) is 0 Å². The van der Waals surface area contributed by atoms with Crippen molar-refractivity contribution in [3.05, 3.63) is 53.7 Å². The molecule has 3 aromatic rings. The lowest BCUT2D eigenvalue weighted by Gasteiger charge is -2.59. The largest absolute Gasteiger partial charge is 0.496 e. The average molecular weight is 1280 g/mol. The first-order valence-electron chi connectivity index (χ1n) is 33.4. The van der Waals surface area contributed by atoms with Crippen LogP contribution in [0, 0.1) is 23.7 Å². The Morgan fingerprint density at radius 1 is 0.620 bits per heavy atom. The van der Waals surface area contributed by atoms with Crippen molar-refractivity contribution in [2.24, 2.45) is 23.7 Å². The van der Waals surface area contributed by atoms with E-state index in [4.69, 9.17) is 33.5 Å². The first-order valence-corrected chi connectivity index (χ1v) is 33.4. The fraction of sp³-hybridized carbons (Fsp3) is 0.700. The summed E-state index contributed by atoms with van der Waals surface area (Å²) in [5.74, 6) is 0.542. The molecule has 1 saturated heterocycles. The van der Waals surface area contributed by atoms with E-state index >= 15 is 0 Å². The molecule has 5 fully saturated rings. The van der Waals surface area contributed by atoms with Crippen LogP contribution >= 0.6 is 0 Å². The number of amides is 3. The molecule has 2 aromatic carbocycles. The molecule has 1 aromatic heterocycles. The van der Waals surface area contributed by atoms with Crippen LogP contribution < -0.4 is 25.4 Å². The van der Waals surface area contributed by atoms with E-state index in [-0.39, 0.29) is 80.0 Å². The summed E-state index contributed by atoms with van der Waals surface area (Å²) in [6, 6.07) is 13.6. The van der Waals surface area contributed by atoms with Crippen LogP contribution in [-0.4, -0.2) is 217 Å². The van der Waals surface area contributed by atoms with Crippen LogP contribution in [0.25, 0.3) is 16.9 Å². The molecule has 0 radical (unpaired) electrons. The van der Waals surface area contributed by atoms with Crippen LogP contribution in [0.4, 0.5) is 10.5 Å². The molecule has 5 aliphatic rings. The highest BCUT2D eigenvalue weighted by Crippen LogP contribution is 2.59. The topological polar surface area (TPSA) is 228 Å². The predicted octanol–water partition coefficient (Wildman–Crippen LogP) is 9.03. The molecule has 3 N–H and O–H groups in total. The number of carbonyl (C=O) groups excluding carboxylic acids is 6. The highest BCUT2D eigenvalue weighted by atomic mass is 16.6. The maximum absolute atomic E-state index is 15.0. The zero-order valence-corrected chi connectivity index (χ0v) is 58.5. The molecule has 1 aliphatic heterocycles. The van der Waals surface area contributed by atoms with Crippen molar-refractivity contribution >= 4 is 41.5 Å². The molecule has 4 bridgehead atoms. The maximum atomic E-state index is 15.0. The third-order valence-electron chi connectivity index (χ3n) is 17.5. The minimum absolute atomic E-state index is 0.00484. The summed E-state index contributed by atoms with van der Waals surface area (Å²) in [7, 11) is 5.29. The summed E-state index contributed by atoms with van der Waals surface area (Å²) in [4.78, 5) is 92.9. The molecular weight excluding hydrogens is 1170 g/mol. The van der Waals surface area contributed by atoms with Gasteiger partial charge in [-0.3, -0.25) is 33.9 Å². The number of nitrogens with one attached hydrogen (secondary N) is 3. The normalized spacial score (nSPS) is 21.3. The zero-order chi connectivity index (χ0) is 67.5. The number of rotatable bonds is 23. The van der Waals surface area contributed by atoms with E-state index in [0.717, 1.165) is 68.6 Å². The number of esters is 3. The standard InChI is InChI=1S/C70H110N10O12/c1-47(2)53-42-52(23-24-55(53)80-56(62-57(87-16)21-18-22-58(62)88-17)43-54(74-80)63(84)73-70(64(85)91-68(9,10)11)50-38-48-37-49(40-50)41-51(70)39-48)71-25-19-27-75(15)28-20-26-72-59(81)44-76-29-30-77(45-60(82)89-66(3,4)5)31-32-78(46-61(83)90-67(6,7)8)34-36-79(35-33-76)65(86)92-69(12,13)14/h18,21-24,42-43,47-51,71H,19-20,25-41,44-46H2,1-17H3,(H,72,81)(H,73,84). The Labute approximate surface area is 547 Å². The number of hydrogen-bond acceptors (Lipinski definition) is 18. The third kappa shape index (κ3) is 20.8. The molecule has 22 heteroatoms. The van der Waals surface area contributed by atoms with Crippen molar-refractivity contribution in [2.45, 2.75) is 176 Å². The summed E-state index contributed by atoms with van der Waals surface area (Å²) in [5.41, 5.74) is 0.167. The molecule has 4 saturated carbocycles. The fourth-order valence-electron chi connectivity index (χ4n) is 13.6. The molecule has 512 valence electrons. The Bertz CT molecular complexity index is 2960. The number of ether oxygens (including phenoxy) is 6. The zero-order valence-electron chi connectivity index (χ0n) is 58.5. The molecule has 3 amide bonds. The van der Waals surface area contributed by atoms with Crippen molar-refractivity contribution in [1.82, 2.24) is 44.9 Å². The molecule has 22 nitrogen and oxygen atoms in total. The summed E-state index contributed by atoms with van der Waals surface area (Å²) in [6.07, 6.45) is 5.84. The fourth-order valence-corrected chi connectivity index (χ4v) is 13.6. The van der Waals surface area contributed by atoms with Gasteiger partial charge in [-0.25, -0.2) is 14.3 Å². The lowest BCUT2D eigenvalue weighted by molar-refractivity contribution is -0.181. The first kappa shape index (κ1) is 72.9. The second-order valence-electron chi connectivity index (χ2n) is 30.2. The van der Waals surface area contributed by atoms with Gasteiger partial charge in [0, 0.05) is 71.1 Å². The van der Waals surface area contributed by atoms with Crippen molar-refractivity contribution in [3.8, 4) is 28.4 Å². The van der Waals surface area contributed by atoms with Crippen molar-refractivity contribution in [2.75, 3.05) is 125 Å². The first-order chi connectivity index (χ1) is 43.1. The number of methoxy groups -OCH3 is 2. The second-order valence-corrected chi connectivity index (χ2v) is 30.2. The van der Waals surface area contributed by atoms with Gasteiger partial charge < -0.3 is 54.2 Å². The summed E-state index contributed by atoms with van der Waals surface area (Å²) >= 11 is 0. The maximum Gasteiger partial charge on any atom is 0.410 e. The smallest absolute Gasteiger partial charge is 0.410 e. The van der Waals surface area contributed by atoms with Gasteiger partial charge in [0.15, 0.2) is 5.69 Å². The number of carbonyl (C=O) groups is 6. The third-order valence-corrected chi connectivity index (χ3v) is 17.5. The number of hydrogen-bond donors (Lipinski definition) is 3. The van der Waals surface area contributed by atoms with E-state index in [1.807, 2.05) is 128 Å². The summed E-state index contributed by atoms with van der Waals surface area (Å²) in [5, 5.41) is 15.2. The van der Waals surface area contributed by atoms with Gasteiger partial charge in [-0.2, -0.15) is 5.10 Å². The highest BCUT2D eigenvalue weighted by Gasteiger charge is 2.63. The molecule has 0 spiro atoms. The Morgan fingerprint density at radius 2 is 1.11 bits per heavy atom. The van der Waals surface area contributed by atoms with E-state index in [2.05, 4.69) is 47.8 Å². The van der Waals surface area contributed by atoms with Crippen LogP contribution in [0.5, 0.6) is 11.5 Å². The van der Waals surface area contributed by atoms with Gasteiger partial charge in [-0.15, -0.1) is 0 Å². The summed E-state index contributed by atoms with van der Waals surface area (Å²) in [6.45, 7) is 32.2. The minimum Gasteiger partial charge on any atom is -0.496 e. The van der Waals surface area contributed by atoms with Crippen molar-refractivity contribution in [3.63, 3.8) is 0 Å². The van der Waals surface area contributed by atoms with Gasteiger partial charge in [-0.05, 0) is 220 Å². The van der Waals surface area contributed by atoms with E-state index in [1.165, 1.54) is 6.42 Å². The molecular formula is C70H110N10O12. The Kier molecular flexibility index (Phi) is 24.7. The molecule has 8 rings (SSSR count). The quantitative estimate of drug-likeness (QED) is 0.0457. The Hall–Kier alpha value is -6.49. The molecule has 2 heterocycles. The molecule has 4 aliphatic carbocycles. The Morgan fingerprint density at radius 3 is 1.60 bits per heavy atom. The van der Waals surface area contributed by atoms with Crippen LogP contribution in [0.2, 0.25) is 0 Å². The van der Waals surface area contributed by atoms with Gasteiger partial charge in [0.25, 0.3) is 5.91 Å². The number of anilines is 1. The Balaban J connectivity index is 0.972. The summed E-state index contributed by atoms with van der Waals surface area (Å²) < 4.78 is 37.1. The monoisotopic (exact) mass is 1280 g/mol. The van der Waals surface area contributed by atoms with Crippen LogP contribution in [0.15, 0.2) is 42.5 Å². The van der Waals surface area contributed by atoms with Crippen molar-refractivity contribution < 1.29 is 57.2 Å². The average Bonchev–Trinajstić information content (AvgIpc) is 0.793. The second kappa shape index (κ2) is 31.2. The van der Waals surface area contributed by atoms with Gasteiger partial charge in [0.05, 0.1) is 50.8 Å². The van der Waals surface area contributed by atoms with E-state index < -0.39 is 39.9 Å². The van der Waals surface area contributed by atoms with Crippen molar-refractivity contribution in [1.29, 1.82) is 0 Å². The SMILES string of the molecule is COc1cccc(OC)c1-c1cc(C(=O)NC2(C(=O)OC(C)(C)C)C3CC4CC(C3)CC2C4)nn1-c1ccc(NCCCN(C)CCCNC(=O)CN2CCN(CC(=O)OC(C)(C)C)CCN(CC(=O)OC(C)(C)C)CCN(C(=O)OC(C)(C)C)CC2)cc1C(C)C. The molecule has 0 unspecified atom stereocenters. The molecule has 0 atom stereocenters. The number of benzene rings is 2. The van der Waals surface area contributed by atoms with Crippen LogP contribution in [-0.2, 0) is 38.1 Å². The lowest BCUT2D eigenvalue weighted by Crippen LogP contribution is -2.71. The van der Waals surface area contributed by atoms with E-state index in [1.54, 1.807) is 29.9 Å². The van der Waals surface area contributed by atoms with Gasteiger partial charge in [0.1, 0.15) is 39.4 Å². The van der Waals surface area contributed by atoms with Crippen LogP contribution in [0.1, 0.15) is 164 Å². The predicted molar refractivity (Wildman–Crippen MR) is 356 cm³/mol. The lowest BCUT2D eigenvalue weighted by atomic mass is 9.48. The molecule has 92 heavy (non-hydrogen) atoms. The van der Waals surface area contributed by atoms with E-state index in [0.29, 0.717) is 87.0 Å². The highest BCUT2D eigenvalue weighted by molar-refractivity contribution is 5.99. The minimum atomic E-state index is -1.16. The van der Waals surface area contributed by atoms with Gasteiger partial charge in [-0.1, -0.05) is 19.9 Å². The van der Waals surface area contributed by atoms with E-state index in [9.17, 15) is 28.8 Å². The van der Waals surface area contributed by atoms with Gasteiger partial charge in [0.2, 0.25) is 5.91 Å². The van der Waals surface area contributed by atoms with Gasteiger partial charge >= 0.3 is 24.0 Å².